The predicted molar refractivity (Wildman–Crippen MR) is 71.8 cm³/mol. The number of aromatic carboxylic acids is 1. The number of benzene rings is 1. The summed E-state index contributed by atoms with van der Waals surface area (Å²) < 4.78 is 1.66. The molecule has 1 aromatic carbocycles. The Bertz CT molecular complexity index is 649. The summed E-state index contributed by atoms with van der Waals surface area (Å²) in [5.41, 5.74) is 0.836. The highest BCUT2D eigenvalue weighted by atomic mass is 35.5. The molecule has 1 heterocycles. The van der Waals surface area contributed by atoms with Crippen LogP contribution in [-0.4, -0.2) is 21.6 Å². The summed E-state index contributed by atoms with van der Waals surface area (Å²) in [6, 6.07) is 7.58. The molecule has 0 atom stereocenters. The zero-order valence-corrected chi connectivity index (χ0v) is 10.8. The Hall–Kier alpha value is -2.27. The summed E-state index contributed by atoms with van der Waals surface area (Å²) in [5, 5.41) is 11.8. The Morgan fingerprint density at radius 2 is 2.05 bits per heavy atom. The van der Waals surface area contributed by atoms with Crippen LogP contribution in [0, 0.1) is 0 Å². The highest BCUT2D eigenvalue weighted by molar-refractivity contribution is 6.31. The monoisotopic (exact) mass is 278 g/mol. The first kappa shape index (κ1) is 13.2. The summed E-state index contributed by atoms with van der Waals surface area (Å²) in [6.45, 7) is 0. The van der Waals surface area contributed by atoms with Gasteiger partial charge in [-0.05, 0) is 30.3 Å². The maximum absolute atomic E-state index is 12.0. The van der Waals surface area contributed by atoms with Crippen molar-refractivity contribution >= 4 is 29.2 Å². The van der Waals surface area contributed by atoms with Gasteiger partial charge in [0.2, 0.25) is 0 Å². The van der Waals surface area contributed by atoms with E-state index < -0.39 is 5.97 Å². The SMILES string of the molecule is Cn1cccc1C(=O)Nc1cc(Cl)cc(C(=O)O)c1. The Kier molecular flexibility index (Phi) is 3.57. The molecule has 0 radical (unpaired) electrons. The molecular formula is C13H11ClN2O3. The minimum atomic E-state index is -1.10. The molecule has 98 valence electrons. The van der Waals surface area contributed by atoms with Crippen molar-refractivity contribution in [3.63, 3.8) is 0 Å². The molecule has 2 rings (SSSR count). The first-order valence-electron chi connectivity index (χ1n) is 5.44. The van der Waals surface area contributed by atoms with Crippen LogP contribution in [0.25, 0.3) is 0 Å². The number of halogens is 1. The second-order valence-corrected chi connectivity index (χ2v) is 4.43. The molecule has 0 bridgehead atoms. The van der Waals surface area contributed by atoms with Gasteiger partial charge in [0.1, 0.15) is 5.69 Å². The Morgan fingerprint density at radius 1 is 1.32 bits per heavy atom. The molecule has 19 heavy (non-hydrogen) atoms. The van der Waals surface area contributed by atoms with Crippen LogP contribution in [0.3, 0.4) is 0 Å². The molecule has 2 aromatic rings. The number of carbonyl (C=O) groups excluding carboxylic acids is 1. The number of anilines is 1. The van der Waals surface area contributed by atoms with Crippen LogP contribution in [0.5, 0.6) is 0 Å². The zero-order valence-electron chi connectivity index (χ0n) is 10.1. The fraction of sp³-hybridized carbons (Fsp3) is 0.0769. The average molecular weight is 279 g/mol. The topological polar surface area (TPSA) is 71.3 Å². The summed E-state index contributed by atoms with van der Waals surface area (Å²) in [7, 11) is 1.75. The van der Waals surface area contributed by atoms with E-state index in [1.165, 1.54) is 18.2 Å². The third-order valence-electron chi connectivity index (χ3n) is 2.58. The fourth-order valence-corrected chi connectivity index (χ4v) is 1.91. The normalized spacial score (nSPS) is 10.2. The van der Waals surface area contributed by atoms with Crippen molar-refractivity contribution < 1.29 is 14.7 Å². The molecule has 0 saturated carbocycles. The first-order valence-corrected chi connectivity index (χ1v) is 5.82. The molecule has 1 amide bonds. The minimum absolute atomic E-state index is 0.0229. The first-order chi connectivity index (χ1) is 8.97. The van der Waals surface area contributed by atoms with Gasteiger partial charge in [0.25, 0.3) is 5.91 Å². The molecule has 0 fully saturated rings. The molecule has 6 heteroatoms. The number of nitrogens with zero attached hydrogens (tertiary/aromatic N) is 1. The van der Waals surface area contributed by atoms with E-state index in [-0.39, 0.29) is 16.5 Å². The van der Waals surface area contributed by atoms with E-state index >= 15 is 0 Å². The van der Waals surface area contributed by atoms with Crippen molar-refractivity contribution in [3.8, 4) is 0 Å². The number of carbonyl (C=O) groups is 2. The fourth-order valence-electron chi connectivity index (χ4n) is 1.68. The van der Waals surface area contributed by atoms with Crippen molar-refractivity contribution in [1.82, 2.24) is 4.57 Å². The van der Waals surface area contributed by atoms with E-state index in [4.69, 9.17) is 16.7 Å². The van der Waals surface area contributed by atoms with E-state index in [1.807, 2.05) is 0 Å². The Balaban J connectivity index is 2.26. The van der Waals surface area contributed by atoms with Crippen molar-refractivity contribution in [1.29, 1.82) is 0 Å². The lowest BCUT2D eigenvalue weighted by molar-refractivity contribution is 0.0696. The lowest BCUT2D eigenvalue weighted by Crippen LogP contribution is -2.15. The molecule has 2 N–H and O–H groups in total. The summed E-state index contributed by atoms with van der Waals surface area (Å²) >= 11 is 5.81. The maximum Gasteiger partial charge on any atom is 0.335 e. The highest BCUT2D eigenvalue weighted by Crippen LogP contribution is 2.20. The Labute approximate surface area is 114 Å². The van der Waals surface area contributed by atoms with Gasteiger partial charge < -0.3 is 15.0 Å². The third-order valence-corrected chi connectivity index (χ3v) is 2.80. The van der Waals surface area contributed by atoms with Gasteiger partial charge in [-0.1, -0.05) is 11.6 Å². The number of rotatable bonds is 3. The van der Waals surface area contributed by atoms with Crippen molar-refractivity contribution in [2.75, 3.05) is 5.32 Å². The second kappa shape index (κ2) is 5.16. The van der Waals surface area contributed by atoms with E-state index in [1.54, 1.807) is 29.9 Å². The lowest BCUT2D eigenvalue weighted by atomic mass is 10.2. The number of carboxylic acids is 1. The summed E-state index contributed by atoms with van der Waals surface area (Å²) in [5.74, 6) is -1.43. The lowest BCUT2D eigenvalue weighted by Gasteiger charge is -2.07. The summed E-state index contributed by atoms with van der Waals surface area (Å²) in [4.78, 5) is 22.9. The second-order valence-electron chi connectivity index (χ2n) is 3.99. The van der Waals surface area contributed by atoms with Crippen molar-refractivity contribution in [2.24, 2.45) is 7.05 Å². The van der Waals surface area contributed by atoms with Gasteiger partial charge >= 0.3 is 5.97 Å². The van der Waals surface area contributed by atoms with Gasteiger partial charge in [0.15, 0.2) is 0 Å². The van der Waals surface area contributed by atoms with Crippen LogP contribution in [0.2, 0.25) is 5.02 Å². The van der Waals surface area contributed by atoms with Gasteiger partial charge in [-0.3, -0.25) is 4.79 Å². The third kappa shape index (κ3) is 2.95. The van der Waals surface area contributed by atoms with Crippen LogP contribution in [0.4, 0.5) is 5.69 Å². The number of nitrogens with one attached hydrogen (secondary N) is 1. The van der Waals surface area contributed by atoms with Crippen LogP contribution < -0.4 is 5.32 Å². The Morgan fingerprint density at radius 3 is 2.63 bits per heavy atom. The number of aromatic nitrogens is 1. The molecule has 1 aromatic heterocycles. The quantitative estimate of drug-likeness (QED) is 0.906. The van der Waals surface area contributed by atoms with Gasteiger partial charge in [-0.25, -0.2) is 4.79 Å². The van der Waals surface area contributed by atoms with E-state index in [9.17, 15) is 9.59 Å². The molecular weight excluding hydrogens is 268 g/mol. The van der Waals surface area contributed by atoms with E-state index in [0.717, 1.165) is 0 Å². The average Bonchev–Trinajstić information content (AvgIpc) is 2.74. The van der Waals surface area contributed by atoms with Gasteiger partial charge in [0.05, 0.1) is 5.56 Å². The number of carboxylic acid groups (broad SMARTS) is 1. The number of hydrogen-bond donors (Lipinski definition) is 2. The minimum Gasteiger partial charge on any atom is -0.478 e. The highest BCUT2D eigenvalue weighted by Gasteiger charge is 2.11. The number of amides is 1. The molecule has 0 aliphatic carbocycles. The molecule has 0 aliphatic rings. The predicted octanol–water partition coefficient (Wildman–Crippen LogP) is 2.63. The number of hydrogen-bond acceptors (Lipinski definition) is 2. The van der Waals surface area contributed by atoms with Gasteiger partial charge in [-0.15, -0.1) is 0 Å². The molecule has 5 nitrogen and oxygen atoms in total. The summed E-state index contributed by atoms with van der Waals surface area (Å²) in [6.07, 6.45) is 1.75. The van der Waals surface area contributed by atoms with Crippen LogP contribution in [0.1, 0.15) is 20.8 Å². The molecule has 0 unspecified atom stereocenters. The van der Waals surface area contributed by atoms with Crippen LogP contribution in [-0.2, 0) is 7.05 Å². The smallest absolute Gasteiger partial charge is 0.335 e. The molecule has 0 spiro atoms. The van der Waals surface area contributed by atoms with Gasteiger partial charge in [0, 0.05) is 24.0 Å². The van der Waals surface area contributed by atoms with Crippen molar-refractivity contribution in [3.05, 3.63) is 52.8 Å². The van der Waals surface area contributed by atoms with E-state index in [0.29, 0.717) is 11.4 Å². The molecule has 0 saturated heterocycles. The van der Waals surface area contributed by atoms with Crippen molar-refractivity contribution in [2.45, 2.75) is 0 Å². The van der Waals surface area contributed by atoms with Crippen LogP contribution >= 0.6 is 11.6 Å². The van der Waals surface area contributed by atoms with E-state index in [2.05, 4.69) is 5.32 Å². The number of aryl methyl sites for hydroxylation is 1. The van der Waals surface area contributed by atoms with Crippen LogP contribution in [0.15, 0.2) is 36.5 Å². The van der Waals surface area contributed by atoms with Gasteiger partial charge in [-0.2, -0.15) is 0 Å². The standard InChI is InChI=1S/C13H11ClN2O3/c1-16-4-2-3-11(16)12(17)15-10-6-8(13(18)19)5-9(14)7-10/h2-7H,1H3,(H,15,17)(H,18,19). The maximum atomic E-state index is 12.0. The largest absolute Gasteiger partial charge is 0.478 e. The zero-order chi connectivity index (χ0) is 14.0. The molecule has 0 aliphatic heterocycles.